The molecule has 1 aromatic heterocycles. The number of hydrogen-bond acceptors (Lipinski definition) is 4. The number of H-pyrrole nitrogens is 1. The lowest BCUT2D eigenvalue weighted by molar-refractivity contribution is -0.139. The molecule has 7 heteroatoms. The average Bonchev–Trinajstić information content (AvgIpc) is 2.37. The molecule has 0 radical (unpaired) electrons. The summed E-state index contributed by atoms with van der Waals surface area (Å²) in [4.78, 5) is 24.3. The van der Waals surface area contributed by atoms with Gasteiger partial charge in [-0.1, -0.05) is 0 Å². The van der Waals surface area contributed by atoms with E-state index < -0.39 is 18.3 Å². The minimum Gasteiger partial charge on any atom is -0.481 e. The number of nitrogens with one attached hydrogen (secondary N) is 2. The molecule has 0 saturated carbocycles. The second-order valence-electron chi connectivity index (χ2n) is 1.95. The Hall–Kier alpha value is -1.92. The van der Waals surface area contributed by atoms with Crippen molar-refractivity contribution in [3.63, 3.8) is 0 Å². The maximum absolute atomic E-state index is 10.7. The topological polar surface area (TPSA) is 108 Å². The minimum absolute atomic E-state index is 0.140. The van der Waals surface area contributed by atoms with E-state index in [1.54, 1.807) is 0 Å². The summed E-state index contributed by atoms with van der Waals surface area (Å²) in [6.07, 6.45) is 0.622. The first-order valence-electron chi connectivity index (χ1n) is 3.05. The number of nitrogens with zero attached hydrogens (tertiary/aromatic N) is 2. The first-order valence-corrected chi connectivity index (χ1v) is 3.05. The van der Waals surface area contributed by atoms with E-state index in [9.17, 15) is 9.59 Å². The molecule has 12 heavy (non-hydrogen) atoms. The summed E-state index contributed by atoms with van der Waals surface area (Å²) in [5.74, 6) is -1.69. The second-order valence-corrected chi connectivity index (χ2v) is 1.95. The summed E-state index contributed by atoms with van der Waals surface area (Å²) in [6, 6.07) is 0. The maximum Gasteiger partial charge on any atom is 0.312 e. The third kappa shape index (κ3) is 2.37. The SMILES string of the molecule is O=C(O)CC(=O)Nc1ncn[nH]1. The van der Waals surface area contributed by atoms with Crippen molar-refractivity contribution in [3.8, 4) is 0 Å². The highest BCUT2D eigenvalue weighted by atomic mass is 16.4. The van der Waals surface area contributed by atoms with E-state index in [1.165, 1.54) is 6.33 Å². The van der Waals surface area contributed by atoms with Crippen LogP contribution in [0, 0.1) is 0 Å². The Labute approximate surface area is 66.8 Å². The Morgan fingerprint density at radius 1 is 1.67 bits per heavy atom. The summed E-state index contributed by atoms with van der Waals surface area (Å²) in [6.45, 7) is 0. The fourth-order valence-corrected chi connectivity index (χ4v) is 0.579. The zero-order valence-electron chi connectivity index (χ0n) is 5.94. The number of aromatic amines is 1. The van der Waals surface area contributed by atoms with E-state index in [4.69, 9.17) is 5.11 Å². The van der Waals surface area contributed by atoms with Gasteiger partial charge in [-0.3, -0.25) is 14.9 Å². The second kappa shape index (κ2) is 3.46. The van der Waals surface area contributed by atoms with Gasteiger partial charge in [0, 0.05) is 0 Å². The van der Waals surface area contributed by atoms with Crippen LogP contribution in [0.25, 0.3) is 0 Å². The molecule has 0 saturated heterocycles. The number of amides is 1. The molecule has 64 valence electrons. The molecule has 0 aliphatic rings. The predicted molar refractivity (Wildman–Crippen MR) is 37.3 cm³/mol. The molecule has 0 aliphatic carbocycles. The van der Waals surface area contributed by atoms with Gasteiger partial charge in [0.2, 0.25) is 11.9 Å². The standard InChI is InChI=1S/C5H6N4O3/c10-3(1-4(11)12)8-5-6-2-7-9-5/h2H,1H2,(H,11,12)(H2,6,7,8,9,10). The number of carboxylic acid groups (broad SMARTS) is 1. The van der Waals surface area contributed by atoms with Crippen molar-refractivity contribution in [2.24, 2.45) is 0 Å². The number of anilines is 1. The van der Waals surface area contributed by atoms with E-state index in [0.717, 1.165) is 0 Å². The van der Waals surface area contributed by atoms with Crippen LogP contribution >= 0.6 is 0 Å². The van der Waals surface area contributed by atoms with Gasteiger partial charge in [-0.05, 0) is 0 Å². The fourth-order valence-electron chi connectivity index (χ4n) is 0.579. The van der Waals surface area contributed by atoms with Crippen LogP contribution in [0.2, 0.25) is 0 Å². The van der Waals surface area contributed by atoms with Crippen molar-refractivity contribution in [2.75, 3.05) is 5.32 Å². The lowest BCUT2D eigenvalue weighted by Gasteiger charge is -1.95. The van der Waals surface area contributed by atoms with Crippen LogP contribution in [-0.2, 0) is 9.59 Å². The lowest BCUT2D eigenvalue weighted by Crippen LogP contribution is -2.16. The van der Waals surface area contributed by atoms with Gasteiger partial charge < -0.3 is 5.11 Å². The van der Waals surface area contributed by atoms with Crippen molar-refractivity contribution in [2.45, 2.75) is 6.42 Å². The third-order valence-corrected chi connectivity index (χ3v) is 0.985. The van der Waals surface area contributed by atoms with Crippen LogP contribution in [0.15, 0.2) is 6.33 Å². The van der Waals surface area contributed by atoms with E-state index in [0.29, 0.717) is 0 Å². The minimum atomic E-state index is -1.19. The number of hydrogen-bond donors (Lipinski definition) is 3. The average molecular weight is 170 g/mol. The molecule has 0 bridgehead atoms. The zero-order chi connectivity index (χ0) is 8.97. The fraction of sp³-hybridized carbons (Fsp3) is 0.200. The summed E-state index contributed by atoms with van der Waals surface area (Å²) in [5, 5.41) is 16.2. The molecule has 3 N–H and O–H groups in total. The lowest BCUT2D eigenvalue weighted by atomic mass is 10.4. The highest BCUT2D eigenvalue weighted by molar-refractivity contribution is 6.00. The van der Waals surface area contributed by atoms with Crippen LogP contribution in [0.4, 0.5) is 5.95 Å². The zero-order valence-corrected chi connectivity index (χ0v) is 5.94. The quantitative estimate of drug-likeness (QED) is 0.515. The highest BCUT2D eigenvalue weighted by Crippen LogP contribution is 1.93. The van der Waals surface area contributed by atoms with Gasteiger partial charge in [-0.15, -0.1) is 0 Å². The Morgan fingerprint density at radius 2 is 2.42 bits per heavy atom. The normalized spacial score (nSPS) is 9.33. The summed E-state index contributed by atoms with van der Waals surface area (Å²) in [5.41, 5.74) is 0. The molecule has 1 rings (SSSR count). The summed E-state index contributed by atoms with van der Waals surface area (Å²) in [7, 11) is 0. The van der Waals surface area contributed by atoms with Crippen molar-refractivity contribution in [3.05, 3.63) is 6.33 Å². The molecule has 0 aromatic carbocycles. The van der Waals surface area contributed by atoms with Crippen molar-refractivity contribution >= 4 is 17.8 Å². The van der Waals surface area contributed by atoms with Gasteiger partial charge in [-0.25, -0.2) is 5.10 Å². The van der Waals surface area contributed by atoms with E-state index >= 15 is 0 Å². The van der Waals surface area contributed by atoms with Crippen LogP contribution in [0.1, 0.15) is 6.42 Å². The number of carbonyl (C=O) groups is 2. The number of carboxylic acids is 1. The van der Waals surface area contributed by atoms with Crippen molar-refractivity contribution in [1.82, 2.24) is 15.2 Å². The maximum atomic E-state index is 10.7. The third-order valence-electron chi connectivity index (χ3n) is 0.985. The van der Waals surface area contributed by atoms with Crippen molar-refractivity contribution in [1.29, 1.82) is 0 Å². The van der Waals surface area contributed by atoms with Crippen LogP contribution < -0.4 is 5.32 Å². The Bertz CT molecular complexity index is 281. The summed E-state index contributed by atoms with van der Waals surface area (Å²) >= 11 is 0. The molecule has 1 aromatic rings. The Morgan fingerprint density at radius 3 is 2.92 bits per heavy atom. The van der Waals surface area contributed by atoms with Gasteiger partial charge in [0.15, 0.2) is 0 Å². The Balaban J connectivity index is 2.42. The molecule has 0 unspecified atom stereocenters. The molecule has 1 heterocycles. The first kappa shape index (κ1) is 8.18. The van der Waals surface area contributed by atoms with Gasteiger partial charge in [-0.2, -0.15) is 10.1 Å². The van der Waals surface area contributed by atoms with E-state index in [-0.39, 0.29) is 5.95 Å². The number of aromatic nitrogens is 3. The molecular weight excluding hydrogens is 164 g/mol. The molecule has 0 spiro atoms. The van der Waals surface area contributed by atoms with Gasteiger partial charge in [0.25, 0.3) is 0 Å². The molecule has 0 fully saturated rings. The molecule has 0 atom stereocenters. The Kier molecular flexibility index (Phi) is 2.36. The highest BCUT2D eigenvalue weighted by Gasteiger charge is 2.08. The van der Waals surface area contributed by atoms with Gasteiger partial charge in [0.1, 0.15) is 12.7 Å². The first-order chi connectivity index (χ1) is 5.68. The molecule has 0 aliphatic heterocycles. The summed E-state index contributed by atoms with van der Waals surface area (Å²) < 4.78 is 0. The molecule has 7 nitrogen and oxygen atoms in total. The van der Waals surface area contributed by atoms with Gasteiger partial charge >= 0.3 is 5.97 Å². The smallest absolute Gasteiger partial charge is 0.312 e. The largest absolute Gasteiger partial charge is 0.481 e. The van der Waals surface area contributed by atoms with Crippen LogP contribution in [-0.4, -0.2) is 32.2 Å². The molecular formula is C5H6N4O3. The monoisotopic (exact) mass is 170 g/mol. The van der Waals surface area contributed by atoms with E-state index in [2.05, 4.69) is 20.5 Å². The molecule has 1 amide bonds. The number of rotatable bonds is 3. The van der Waals surface area contributed by atoms with Gasteiger partial charge in [0.05, 0.1) is 0 Å². The predicted octanol–water partition coefficient (Wildman–Crippen LogP) is -0.782. The van der Waals surface area contributed by atoms with Crippen LogP contribution in [0.5, 0.6) is 0 Å². The number of aliphatic carboxylic acids is 1. The number of carbonyl (C=O) groups excluding carboxylic acids is 1. The van der Waals surface area contributed by atoms with Crippen LogP contribution in [0.3, 0.4) is 0 Å². The van der Waals surface area contributed by atoms with Crippen molar-refractivity contribution < 1.29 is 14.7 Å². The van der Waals surface area contributed by atoms with E-state index in [1.807, 2.05) is 0 Å².